The van der Waals surface area contributed by atoms with Gasteiger partial charge in [0, 0.05) is 12.2 Å². The van der Waals surface area contributed by atoms with E-state index in [-0.39, 0.29) is 0 Å². The summed E-state index contributed by atoms with van der Waals surface area (Å²) in [6, 6.07) is 4.65. The predicted molar refractivity (Wildman–Crippen MR) is 47.7 cm³/mol. The summed E-state index contributed by atoms with van der Waals surface area (Å²) in [5, 5.41) is 0. The summed E-state index contributed by atoms with van der Waals surface area (Å²) >= 11 is 0. The maximum Gasteiger partial charge on any atom is 0.0937 e. The fourth-order valence-corrected chi connectivity index (χ4v) is 1.83. The van der Waals surface area contributed by atoms with E-state index in [0.717, 1.165) is 0 Å². The normalized spacial score (nSPS) is 24.6. The second-order valence-electron chi connectivity index (χ2n) is 3.34. The molecular weight excluding hydrogens is 148 g/mol. The van der Waals surface area contributed by atoms with E-state index in [2.05, 4.69) is 29.2 Å². The van der Waals surface area contributed by atoms with Crippen LogP contribution in [0.15, 0.2) is 18.3 Å². The largest absolute Gasteiger partial charge is 0.299 e. The van der Waals surface area contributed by atoms with Crippen molar-refractivity contribution in [1.29, 1.82) is 0 Å². The highest BCUT2D eigenvalue weighted by molar-refractivity contribution is 5.13. The maximum atomic E-state index is 4.01. The van der Waals surface area contributed by atoms with Crippen LogP contribution >= 0.6 is 0 Å². The van der Waals surface area contributed by atoms with Gasteiger partial charge in [-0.15, -0.1) is 0 Å². The number of aromatic nitrogens is 1. The maximum absolute atomic E-state index is 4.01. The molecule has 0 amide bonds. The minimum Gasteiger partial charge on any atom is -0.299 e. The van der Waals surface area contributed by atoms with Crippen LogP contribution in [0.4, 0.5) is 0 Å². The van der Waals surface area contributed by atoms with Crippen LogP contribution in [0.3, 0.4) is 0 Å². The lowest BCUT2D eigenvalue weighted by Crippen LogP contribution is -2.17. The third kappa shape index (κ3) is 1.34. The Morgan fingerprint density at radius 3 is 3.17 bits per heavy atom. The van der Waals surface area contributed by atoms with Crippen molar-refractivity contribution >= 4 is 0 Å². The molecule has 0 unspecified atom stereocenters. The van der Waals surface area contributed by atoms with Crippen molar-refractivity contribution in [2.24, 2.45) is 0 Å². The Bertz CT molecular complexity index is 245. The van der Waals surface area contributed by atoms with Gasteiger partial charge in [0.2, 0.25) is 0 Å². The summed E-state index contributed by atoms with van der Waals surface area (Å²) in [6.45, 7) is 1.20. The number of hydrogen-bond acceptors (Lipinski definition) is 2. The molecular formula is C10H13N2. The first-order chi connectivity index (χ1) is 5.88. The number of hydrogen-bond donors (Lipinski definition) is 0. The molecule has 1 atom stereocenters. The molecule has 0 N–H and O–H groups in total. The van der Waals surface area contributed by atoms with Crippen LogP contribution in [0.25, 0.3) is 0 Å². The first kappa shape index (κ1) is 7.74. The van der Waals surface area contributed by atoms with Crippen LogP contribution in [0.1, 0.15) is 24.4 Å². The van der Waals surface area contributed by atoms with Gasteiger partial charge in [0.1, 0.15) is 0 Å². The molecule has 2 heteroatoms. The summed E-state index contributed by atoms with van der Waals surface area (Å²) in [6.07, 6.45) is 7.37. The topological polar surface area (TPSA) is 16.1 Å². The summed E-state index contributed by atoms with van der Waals surface area (Å²) in [4.78, 5) is 6.38. The average Bonchev–Trinajstić information content (AvgIpc) is 2.53. The van der Waals surface area contributed by atoms with Gasteiger partial charge in [0.25, 0.3) is 0 Å². The molecule has 1 aliphatic heterocycles. The Kier molecular flexibility index (Phi) is 2.09. The lowest BCUT2D eigenvalue weighted by atomic mass is 10.1. The standard InChI is InChI=1S/C10H13N2/c1-12-7-3-5-10(12)9-4-2-6-11-8-9/h2,4,6,10H,3,5,7H2,1H3/t10-/m1/s1. The quantitative estimate of drug-likeness (QED) is 0.622. The van der Waals surface area contributed by atoms with Gasteiger partial charge < -0.3 is 0 Å². The van der Waals surface area contributed by atoms with Gasteiger partial charge in [0.05, 0.1) is 6.20 Å². The number of rotatable bonds is 1. The molecule has 1 aromatic heterocycles. The fraction of sp³-hybridized carbons (Fsp3) is 0.500. The van der Waals surface area contributed by atoms with Crippen molar-refractivity contribution in [3.63, 3.8) is 0 Å². The highest BCUT2D eigenvalue weighted by Crippen LogP contribution is 2.28. The molecule has 2 rings (SSSR count). The zero-order valence-corrected chi connectivity index (χ0v) is 7.33. The second-order valence-corrected chi connectivity index (χ2v) is 3.34. The van der Waals surface area contributed by atoms with Crippen LogP contribution in [-0.2, 0) is 0 Å². The third-order valence-electron chi connectivity index (χ3n) is 2.51. The molecule has 0 aliphatic carbocycles. The van der Waals surface area contributed by atoms with Crippen molar-refractivity contribution in [3.8, 4) is 0 Å². The van der Waals surface area contributed by atoms with Gasteiger partial charge in [-0.2, -0.15) is 0 Å². The van der Waals surface area contributed by atoms with E-state index in [4.69, 9.17) is 0 Å². The minimum atomic E-state index is 0.554. The summed E-state index contributed by atoms with van der Waals surface area (Å²) < 4.78 is 0. The Morgan fingerprint density at radius 1 is 1.67 bits per heavy atom. The Hall–Kier alpha value is -0.890. The van der Waals surface area contributed by atoms with Crippen LogP contribution in [0.2, 0.25) is 0 Å². The molecule has 0 aromatic carbocycles. The predicted octanol–water partition coefficient (Wildman–Crippen LogP) is 1.65. The van der Waals surface area contributed by atoms with Crippen LogP contribution in [0, 0.1) is 6.20 Å². The molecule has 0 saturated carbocycles. The minimum absolute atomic E-state index is 0.554. The summed E-state index contributed by atoms with van der Waals surface area (Å²) in [7, 11) is 2.17. The molecule has 1 aliphatic rings. The molecule has 1 radical (unpaired) electrons. The van der Waals surface area contributed by atoms with Crippen molar-refractivity contribution in [2.45, 2.75) is 18.9 Å². The summed E-state index contributed by atoms with van der Waals surface area (Å²) in [5.41, 5.74) is 1.23. The van der Waals surface area contributed by atoms with E-state index >= 15 is 0 Å². The number of pyridine rings is 1. The first-order valence-corrected chi connectivity index (χ1v) is 4.41. The zero-order chi connectivity index (χ0) is 8.39. The Morgan fingerprint density at radius 2 is 2.58 bits per heavy atom. The van der Waals surface area contributed by atoms with Gasteiger partial charge in [-0.25, -0.2) is 0 Å². The molecule has 0 spiro atoms. The third-order valence-corrected chi connectivity index (χ3v) is 2.51. The lowest BCUT2D eigenvalue weighted by Gasteiger charge is -2.18. The average molecular weight is 161 g/mol. The second kappa shape index (κ2) is 3.23. The molecule has 2 heterocycles. The summed E-state index contributed by atoms with van der Waals surface area (Å²) in [5.74, 6) is 0. The van der Waals surface area contributed by atoms with Gasteiger partial charge >= 0.3 is 0 Å². The molecule has 2 nitrogen and oxygen atoms in total. The molecule has 12 heavy (non-hydrogen) atoms. The van der Waals surface area contributed by atoms with Crippen molar-refractivity contribution in [3.05, 3.63) is 30.1 Å². The molecule has 1 aromatic rings. The van der Waals surface area contributed by atoms with Crippen molar-refractivity contribution in [1.82, 2.24) is 9.88 Å². The van der Waals surface area contributed by atoms with Crippen molar-refractivity contribution in [2.75, 3.05) is 13.6 Å². The van der Waals surface area contributed by atoms with E-state index in [1.165, 1.54) is 24.9 Å². The van der Waals surface area contributed by atoms with Gasteiger partial charge in [-0.3, -0.25) is 9.88 Å². The SMILES string of the molecule is CN1CCC[C@@H]1c1[c]nccc1. The van der Waals surface area contributed by atoms with E-state index in [1.807, 2.05) is 6.07 Å². The molecule has 63 valence electrons. The van der Waals surface area contributed by atoms with Gasteiger partial charge in [0.15, 0.2) is 0 Å². The lowest BCUT2D eigenvalue weighted by molar-refractivity contribution is 0.316. The van der Waals surface area contributed by atoms with Gasteiger partial charge in [-0.05, 0) is 38.1 Å². The Balaban J connectivity index is 2.19. The van der Waals surface area contributed by atoms with E-state index < -0.39 is 0 Å². The Labute approximate surface area is 73.2 Å². The zero-order valence-electron chi connectivity index (χ0n) is 7.33. The number of likely N-dealkylation sites (tertiary alicyclic amines) is 1. The van der Waals surface area contributed by atoms with Crippen molar-refractivity contribution < 1.29 is 0 Å². The van der Waals surface area contributed by atoms with Crippen LogP contribution in [0.5, 0.6) is 0 Å². The molecule has 1 fully saturated rings. The first-order valence-electron chi connectivity index (χ1n) is 4.41. The molecule has 0 bridgehead atoms. The number of nitrogens with zero attached hydrogens (tertiary/aromatic N) is 2. The highest BCUT2D eigenvalue weighted by Gasteiger charge is 2.22. The van der Waals surface area contributed by atoms with Crippen LogP contribution < -0.4 is 0 Å². The van der Waals surface area contributed by atoms with E-state index in [1.54, 1.807) is 6.20 Å². The highest BCUT2D eigenvalue weighted by atomic mass is 15.1. The molecule has 1 saturated heterocycles. The monoisotopic (exact) mass is 161 g/mol. The van der Waals surface area contributed by atoms with E-state index in [9.17, 15) is 0 Å². The fourth-order valence-electron chi connectivity index (χ4n) is 1.83. The van der Waals surface area contributed by atoms with E-state index in [0.29, 0.717) is 6.04 Å². The smallest absolute Gasteiger partial charge is 0.0937 e. The van der Waals surface area contributed by atoms with Crippen LogP contribution in [-0.4, -0.2) is 23.5 Å². The van der Waals surface area contributed by atoms with Gasteiger partial charge in [-0.1, -0.05) is 6.07 Å².